The summed E-state index contributed by atoms with van der Waals surface area (Å²) in [6.07, 6.45) is 86.6. The zero-order chi connectivity index (χ0) is 57.1. The van der Waals surface area contributed by atoms with Crippen molar-refractivity contribution in [2.75, 3.05) is 13.2 Å². The van der Waals surface area contributed by atoms with Crippen LogP contribution in [0.2, 0.25) is 0 Å². The predicted octanol–water partition coefficient (Wildman–Crippen LogP) is 23.3. The number of unbranched alkanes of at least 4 members (excludes halogenated alkanes) is 53. The zero-order valence-corrected chi connectivity index (χ0v) is 53.6. The van der Waals surface area contributed by atoms with E-state index in [0.717, 1.165) is 38.5 Å². The first-order valence-electron chi connectivity index (χ1n) is 36.1. The van der Waals surface area contributed by atoms with E-state index in [4.69, 9.17) is 4.74 Å². The fraction of sp³-hybridized carbons (Fsp3) is 0.918. The van der Waals surface area contributed by atoms with Crippen molar-refractivity contribution >= 4 is 11.9 Å². The van der Waals surface area contributed by atoms with Crippen LogP contribution in [0.4, 0.5) is 0 Å². The highest BCUT2D eigenvalue weighted by Crippen LogP contribution is 2.19. The smallest absolute Gasteiger partial charge is 0.305 e. The van der Waals surface area contributed by atoms with Crippen LogP contribution in [0.5, 0.6) is 0 Å². The highest BCUT2D eigenvalue weighted by molar-refractivity contribution is 5.76. The average Bonchev–Trinajstić information content (AvgIpc) is 3.45. The van der Waals surface area contributed by atoms with Crippen molar-refractivity contribution in [1.82, 2.24) is 5.32 Å². The van der Waals surface area contributed by atoms with Crippen LogP contribution in [-0.4, -0.2) is 47.4 Å². The van der Waals surface area contributed by atoms with Gasteiger partial charge in [-0.3, -0.25) is 9.59 Å². The van der Waals surface area contributed by atoms with E-state index in [9.17, 15) is 19.8 Å². The summed E-state index contributed by atoms with van der Waals surface area (Å²) in [6.45, 7) is 4.99. The molecule has 0 aliphatic heterocycles. The Morgan fingerprint density at radius 1 is 0.342 bits per heavy atom. The number of esters is 1. The molecule has 0 fully saturated rings. The van der Waals surface area contributed by atoms with Crippen LogP contribution in [-0.2, 0) is 14.3 Å². The fourth-order valence-corrected chi connectivity index (χ4v) is 11.5. The number of ether oxygens (including phenoxy) is 1. The molecule has 2 unspecified atom stereocenters. The quantitative estimate of drug-likeness (QED) is 0.0320. The van der Waals surface area contributed by atoms with Gasteiger partial charge in [-0.1, -0.05) is 340 Å². The zero-order valence-electron chi connectivity index (χ0n) is 53.6. The highest BCUT2D eigenvalue weighted by atomic mass is 16.5. The molecule has 1 amide bonds. The number of hydrogen-bond acceptors (Lipinski definition) is 5. The Morgan fingerprint density at radius 2 is 0.595 bits per heavy atom. The first kappa shape index (κ1) is 77.3. The molecule has 0 radical (unpaired) electrons. The Morgan fingerprint density at radius 3 is 0.899 bits per heavy atom. The molecule has 3 N–H and O–H groups in total. The molecule has 0 aliphatic carbocycles. The Kier molecular flexibility index (Phi) is 67.4. The lowest BCUT2D eigenvalue weighted by molar-refractivity contribution is -0.143. The number of allylic oxidation sites excluding steroid dienone is 4. The van der Waals surface area contributed by atoms with Gasteiger partial charge in [0.15, 0.2) is 0 Å². The molecule has 0 aromatic carbocycles. The van der Waals surface area contributed by atoms with E-state index in [1.54, 1.807) is 0 Å². The first-order chi connectivity index (χ1) is 39.0. The lowest BCUT2D eigenvalue weighted by Crippen LogP contribution is -2.45. The van der Waals surface area contributed by atoms with Gasteiger partial charge in [0.25, 0.3) is 0 Å². The third-order valence-electron chi connectivity index (χ3n) is 17.0. The van der Waals surface area contributed by atoms with E-state index in [-0.39, 0.29) is 18.5 Å². The summed E-state index contributed by atoms with van der Waals surface area (Å²) >= 11 is 0. The molecular formula is C73H141NO5. The molecule has 79 heavy (non-hydrogen) atoms. The first-order valence-corrected chi connectivity index (χ1v) is 36.1. The number of hydrogen-bond donors (Lipinski definition) is 3. The fourth-order valence-electron chi connectivity index (χ4n) is 11.5. The maximum atomic E-state index is 12.5. The molecule has 2 atom stereocenters. The second-order valence-electron chi connectivity index (χ2n) is 24.9. The second-order valence-corrected chi connectivity index (χ2v) is 24.9. The minimum atomic E-state index is -0.665. The Bertz CT molecular complexity index is 1230. The topological polar surface area (TPSA) is 95.9 Å². The van der Waals surface area contributed by atoms with Crippen LogP contribution in [0.15, 0.2) is 24.3 Å². The van der Waals surface area contributed by atoms with Gasteiger partial charge in [0.2, 0.25) is 5.91 Å². The minimum absolute atomic E-state index is 0.0155. The van der Waals surface area contributed by atoms with Crippen LogP contribution in [0.25, 0.3) is 0 Å². The lowest BCUT2D eigenvalue weighted by Gasteiger charge is -2.22. The molecular weight excluding hydrogens is 971 g/mol. The molecule has 0 aromatic rings. The summed E-state index contributed by atoms with van der Waals surface area (Å²) in [5.74, 6) is -0.0170. The number of nitrogens with one attached hydrogen (secondary N) is 1. The summed E-state index contributed by atoms with van der Waals surface area (Å²) in [5, 5.41) is 23.4. The number of carbonyl (C=O) groups excluding carboxylic acids is 2. The summed E-state index contributed by atoms with van der Waals surface area (Å²) in [4.78, 5) is 24.6. The molecule has 0 rings (SSSR count). The van der Waals surface area contributed by atoms with Gasteiger partial charge in [-0.25, -0.2) is 0 Å². The molecule has 6 nitrogen and oxygen atoms in total. The molecule has 468 valence electrons. The normalized spacial score (nSPS) is 12.6. The van der Waals surface area contributed by atoms with Gasteiger partial charge in [-0.15, -0.1) is 0 Å². The van der Waals surface area contributed by atoms with Crippen molar-refractivity contribution in [3.63, 3.8) is 0 Å². The van der Waals surface area contributed by atoms with Crippen molar-refractivity contribution in [3.8, 4) is 0 Å². The van der Waals surface area contributed by atoms with E-state index in [0.29, 0.717) is 25.9 Å². The van der Waals surface area contributed by atoms with Gasteiger partial charge < -0.3 is 20.3 Å². The summed E-state index contributed by atoms with van der Waals surface area (Å²) in [6, 6.07) is -0.542. The van der Waals surface area contributed by atoms with E-state index in [1.807, 2.05) is 0 Å². The van der Waals surface area contributed by atoms with Crippen molar-refractivity contribution in [2.24, 2.45) is 0 Å². The van der Waals surface area contributed by atoms with Gasteiger partial charge >= 0.3 is 5.97 Å². The SMILES string of the molecule is CCCCCCCC/C=C\CCCCCCCCCCCC(=O)OCCCCCCCCCCCCCC/C=C\CCCCCCCCCCCCCC(=O)NC(CO)C(O)CCCCCCCCCCCCCCCCCC. The molecule has 0 spiro atoms. The van der Waals surface area contributed by atoms with Gasteiger partial charge in [0, 0.05) is 12.8 Å². The van der Waals surface area contributed by atoms with E-state index >= 15 is 0 Å². The predicted molar refractivity (Wildman–Crippen MR) is 347 cm³/mol. The number of aliphatic hydroxyl groups is 2. The molecule has 6 heteroatoms. The van der Waals surface area contributed by atoms with Crippen LogP contribution >= 0.6 is 0 Å². The Labute approximate surface area is 494 Å². The second kappa shape index (κ2) is 68.8. The standard InChI is InChI=1S/C73H141NO5/c1-3-5-7-9-11-13-15-17-19-21-31-35-39-43-47-51-55-59-63-67-73(78)79-68-64-60-56-52-48-44-40-36-33-30-28-26-24-22-23-25-27-29-32-34-38-42-46-50-54-58-62-66-72(77)74-70(69-75)71(76)65-61-57-53-49-45-41-37-20-18-16-14-12-10-8-6-4-2/h17,19,22-23,70-71,75-76H,3-16,18,20-21,24-69H2,1-2H3,(H,74,77)/b19-17-,23-22-. The van der Waals surface area contributed by atoms with Crippen LogP contribution in [0.3, 0.4) is 0 Å². The number of aliphatic hydroxyl groups excluding tert-OH is 2. The van der Waals surface area contributed by atoms with E-state index in [2.05, 4.69) is 43.5 Å². The number of rotatable bonds is 68. The van der Waals surface area contributed by atoms with Crippen molar-refractivity contribution in [3.05, 3.63) is 24.3 Å². The lowest BCUT2D eigenvalue weighted by atomic mass is 10.0. The molecule has 0 bridgehead atoms. The van der Waals surface area contributed by atoms with Crippen LogP contribution < -0.4 is 5.32 Å². The third-order valence-corrected chi connectivity index (χ3v) is 17.0. The van der Waals surface area contributed by atoms with Crippen LogP contribution in [0, 0.1) is 0 Å². The highest BCUT2D eigenvalue weighted by Gasteiger charge is 2.20. The Hall–Kier alpha value is -1.66. The molecule has 0 aliphatic rings. The van der Waals surface area contributed by atoms with E-state index < -0.39 is 12.1 Å². The monoisotopic (exact) mass is 1110 g/mol. The largest absolute Gasteiger partial charge is 0.466 e. The van der Waals surface area contributed by atoms with E-state index in [1.165, 1.54) is 334 Å². The van der Waals surface area contributed by atoms with Crippen molar-refractivity contribution in [2.45, 2.75) is 418 Å². The van der Waals surface area contributed by atoms with Gasteiger partial charge in [-0.2, -0.15) is 0 Å². The molecule has 0 heterocycles. The minimum Gasteiger partial charge on any atom is -0.466 e. The average molecular weight is 1110 g/mol. The summed E-state index contributed by atoms with van der Waals surface area (Å²) in [5.41, 5.74) is 0. The van der Waals surface area contributed by atoms with Crippen molar-refractivity contribution < 1.29 is 24.5 Å². The summed E-state index contributed by atoms with van der Waals surface area (Å²) in [7, 11) is 0. The maximum Gasteiger partial charge on any atom is 0.305 e. The van der Waals surface area contributed by atoms with Crippen molar-refractivity contribution in [1.29, 1.82) is 0 Å². The van der Waals surface area contributed by atoms with Crippen LogP contribution in [0.1, 0.15) is 406 Å². The third kappa shape index (κ3) is 65.4. The summed E-state index contributed by atoms with van der Waals surface area (Å²) < 4.78 is 5.51. The Balaban J connectivity index is 3.36. The maximum absolute atomic E-state index is 12.5. The molecule has 0 saturated heterocycles. The molecule has 0 aromatic heterocycles. The number of amides is 1. The number of carbonyl (C=O) groups is 2. The van der Waals surface area contributed by atoms with Gasteiger partial charge in [-0.05, 0) is 77.0 Å². The molecule has 0 saturated carbocycles. The van der Waals surface area contributed by atoms with Gasteiger partial charge in [0.05, 0.1) is 25.4 Å². The van der Waals surface area contributed by atoms with Gasteiger partial charge in [0.1, 0.15) is 0 Å².